The molecule has 0 atom stereocenters. The van der Waals surface area contributed by atoms with Crippen molar-refractivity contribution in [2.45, 2.75) is 19.3 Å². The van der Waals surface area contributed by atoms with E-state index in [0.29, 0.717) is 5.41 Å². The molecule has 0 radical (unpaired) electrons. The third kappa shape index (κ3) is 1.11. The van der Waals surface area contributed by atoms with Crippen molar-refractivity contribution in [2.75, 3.05) is 6.61 Å². The van der Waals surface area contributed by atoms with Gasteiger partial charge in [0.05, 0.1) is 12.8 Å². The van der Waals surface area contributed by atoms with E-state index in [9.17, 15) is 0 Å². The van der Waals surface area contributed by atoms with Crippen LogP contribution in [0.1, 0.15) is 19.3 Å². The van der Waals surface area contributed by atoms with Crippen molar-refractivity contribution in [3.8, 4) is 5.75 Å². The molecular weight excluding hydrogens is 200 g/mol. The maximum atomic E-state index is 5.88. The number of ether oxygens (including phenoxy) is 1. The molecule has 0 saturated heterocycles. The highest BCUT2D eigenvalue weighted by molar-refractivity contribution is 5.41. The smallest absolute Gasteiger partial charge is 0.136 e. The van der Waals surface area contributed by atoms with Crippen LogP contribution in [0.4, 0.5) is 0 Å². The van der Waals surface area contributed by atoms with Crippen molar-refractivity contribution in [3.05, 3.63) is 30.7 Å². The first-order chi connectivity index (χ1) is 7.83. The van der Waals surface area contributed by atoms with Crippen molar-refractivity contribution < 1.29 is 4.74 Å². The van der Waals surface area contributed by atoms with E-state index in [2.05, 4.69) is 4.98 Å². The van der Waals surface area contributed by atoms with E-state index < -0.39 is 0 Å². The van der Waals surface area contributed by atoms with Gasteiger partial charge >= 0.3 is 0 Å². The van der Waals surface area contributed by atoms with Gasteiger partial charge in [0, 0.05) is 17.8 Å². The summed E-state index contributed by atoms with van der Waals surface area (Å²) >= 11 is 0. The molecule has 3 heteroatoms. The fourth-order valence-corrected chi connectivity index (χ4v) is 3.06. The minimum atomic E-state index is 0.550. The van der Waals surface area contributed by atoms with Gasteiger partial charge in [-0.15, -0.1) is 0 Å². The largest absolute Gasteiger partial charge is 0.491 e. The van der Waals surface area contributed by atoms with Gasteiger partial charge in [-0.1, -0.05) is 0 Å². The summed E-state index contributed by atoms with van der Waals surface area (Å²) in [7, 11) is 0. The predicted molar refractivity (Wildman–Crippen MR) is 60.5 cm³/mol. The van der Waals surface area contributed by atoms with Gasteiger partial charge in [-0.25, -0.2) is 4.98 Å². The van der Waals surface area contributed by atoms with E-state index >= 15 is 0 Å². The monoisotopic (exact) mass is 214 g/mol. The highest BCUT2D eigenvalue weighted by Crippen LogP contribution is 2.64. The lowest BCUT2D eigenvalue weighted by Gasteiger charge is -2.61. The highest BCUT2D eigenvalue weighted by Gasteiger charge is 2.56. The number of hydrogen-bond acceptors (Lipinski definition) is 2. The molecule has 3 nitrogen and oxygen atoms in total. The van der Waals surface area contributed by atoms with Crippen LogP contribution in [0.25, 0.3) is 5.65 Å². The predicted octanol–water partition coefficient (Wildman–Crippen LogP) is 2.51. The molecule has 0 aromatic carbocycles. The molecule has 2 aromatic heterocycles. The molecule has 3 aliphatic carbocycles. The first kappa shape index (κ1) is 8.62. The average Bonchev–Trinajstić information content (AvgIpc) is 2.60. The van der Waals surface area contributed by atoms with Crippen molar-refractivity contribution in [3.63, 3.8) is 0 Å². The lowest BCUT2D eigenvalue weighted by molar-refractivity contribution is -0.131. The van der Waals surface area contributed by atoms with Crippen LogP contribution in [0.2, 0.25) is 0 Å². The Labute approximate surface area is 94.1 Å². The molecule has 82 valence electrons. The number of imidazole rings is 1. The van der Waals surface area contributed by atoms with Crippen LogP contribution in [-0.4, -0.2) is 16.0 Å². The van der Waals surface area contributed by atoms with E-state index in [-0.39, 0.29) is 0 Å². The topological polar surface area (TPSA) is 26.5 Å². The molecule has 2 bridgehead atoms. The summed E-state index contributed by atoms with van der Waals surface area (Å²) < 4.78 is 7.88. The van der Waals surface area contributed by atoms with Gasteiger partial charge in [-0.3, -0.25) is 0 Å². The average molecular weight is 214 g/mol. The summed E-state index contributed by atoms with van der Waals surface area (Å²) in [6.45, 7) is 0.893. The molecule has 0 N–H and O–H groups in total. The first-order valence-corrected chi connectivity index (χ1v) is 5.89. The van der Waals surface area contributed by atoms with Gasteiger partial charge in [-0.05, 0) is 37.3 Å². The van der Waals surface area contributed by atoms with E-state index in [1.54, 1.807) is 6.20 Å². The number of aromatic nitrogens is 2. The molecule has 3 saturated carbocycles. The van der Waals surface area contributed by atoms with E-state index in [4.69, 9.17) is 4.74 Å². The quantitative estimate of drug-likeness (QED) is 0.784. The van der Waals surface area contributed by atoms with Crippen molar-refractivity contribution in [1.29, 1.82) is 0 Å². The van der Waals surface area contributed by atoms with E-state index in [1.165, 1.54) is 19.3 Å². The summed E-state index contributed by atoms with van der Waals surface area (Å²) in [5.41, 5.74) is 1.52. The molecular formula is C13H14N2O. The van der Waals surface area contributed by atoms with Crippen molar-refractivity contribution in [1.82, 2.24) is 9.38 Å². The Hall–Kier alpha value is -1.51. The van der Waals surface area contributed by atoms with Gasteiger partial charge in [0.15, 0.2) is 0 Å². The van der Waals surface area contributed by atoms with Crippen LogP contribution in [0, 0.1) is 11.3 Å². The molecule has 2 aromatic rings. The van der Waals surface area contributed by atoms with Crippen LogP contribution in [0.5, 0.6) is 5.75 Å². The van der Waals surface area contributed by atoms with Crippen LogP contribution in [0.3, 0.4) is 0 Å². The van der Waals surface area contributed by atoms with Crippen molar-refractivity contribution in [2.24, 2.45) is 11.3 Å². The zero-order valence-corrected chi connectivity index (χ0v) is 9.10. The maximum Gasteiger partial charge on any atom is 0.136 e. The summed E-state index contributed by atoms with van der Waals surface area (Å²) in [6.07, 6.45) is 9.93. The number of fused-ring (bicyclic) bond motifs is 1. The Balaban J connectivity index is 1.52. The van der Waals surface area contributed by atoms with Gasteiger partial charge in [0.2, 0.25) is 0 Å². The molecule has 0 amide bonds. The number of nitrogens with zero attached hydrogens (tertiary/aromatic N) is 2. The van der Waals surface area contributed by atoms with E-state index in [0.717, 1.165) is 23.9 Å². The van der Waals surface area contributed by atoms with E-state index in [1.807, 2.05) is 28.9 Å². The molecule has 5 rings (SSSR count). The number of pyridine rings is 1. The van der Waals surface area contributed by atoms with Gasteiger partial charge in [0.1, 0.15) is 11.4 Å². The van der Waals surface area contributed by atoms with Gasteiger partial charge in [0.25, 0.3) is 0 Å². The summed E-state index contributed by atoms with van der Waals surface area (Å²) in [4.78, 5) is 4.21. The van der Waals surface area contributed by atoms with Crippen molar-refractivity contribution >= 4 is 5.65 Å². The lowest BCUT2D eigenvalue weighted by Crippen LogP contribution is -2.55. The third-order valence-corrected chi connectivity index (χ3v) is 4.07. The van der Waals surface area contributed by atoms with Crippen LogP contribution in [-0.2, 0) is 0 Å². The van der Waals surface area contributed by atoms with Gasteiger partial charge < -0.3 is 9.14 Å². The maximum absolute atomic E-state index is 5.88. The second-order valence-corrected chi connectivity index (χ2v) is 5.32. The lowest BCUT2D eigenvalue weighted by atomic mass is 9.45. The standard InChI is InChI=1S/C13H14N2O/c1-2-12-14-3-4-15(12)8-11(1)16-9-13-5-10(6-13)7-13/h1-4,8,10H,5-7,9H2. The first-order valence-electron chi connectivity index (χ1n) is 5.89. The summed E-state index contributed by atoms with van der Waals surface area (Å²) in [6, 6.07) is 4.01. The zero-order chi connectivity index (χ0) is 10.6. The molecule has 3 aliphatic rings. The van der Waals surface area contributed by atoms with Gasteiger partial charge in [-0.2, -0.15) is 0 Å². The number of hydrogen-bond donors (Lipinski definition) is 0. The fourth-order valence-electron chi connectivity index (χ4n) is 3.06. The Kier molecular flexibility index (Phi) is 1.50. The molecule has 0 aliphatic heterocycles. The summed E-state index contributed by atoms with van der Waals surface area (Å²) in [5, 5.41) is 0. The number of rotatable bonds is 3. The molecule has 0 spiro atoms. The summed E-state index contributed by atoms with van der Waals surface area (Å²) in [5.74, 6) is 1.98. The fraction of sp³-hybridized carbons (Fsp3) is 0.462. The molecule has 0 unspecified atom stereocenters. The molecule has 2 heterocycles. The Morgan fingerprint density at radius 1 is 1.38 bits per heavy atom. The Morgan fingerprint density at radius 2 is 2.25 bits per heavy atom. The van der Waals surface area contributed by atoms with Crippen LogP contribution < -0.4 is 4.74 Å². The highest BCUT2D eigenvalue weighted by atomic mass is 16.5. The SMILES string of the molecule is c1cn2cc(OCC34CC(C3)C4)ccc2n1. The third-order valence-electron chi connectivity index (χ3n) is 4.07. The normalized spacial score (nSPS) is 30.9. The second kappa shape index (κ2) is 2.78. The second-order valence-electron chi connectivity index (χ2n) is 5.32. The van der Waals surface area contributed by atoms with Crippen LogP contribution >= 0.6 is 0 Å². The van der Waals surface area contributed by atoms with Crippen LogP contribution in [0.15, 0.2) is 30.7 Å². The zero-order valence-electron chi connectivity index (χ0n) is 9.10. The molecule has 16 heavy (non-hydrogen) atoms. The molecule has 3 fully saturated rings. The Bertz CT molecular complexity index is 529. The Morgan fingerprint density at radius 3 is 3.00 bits per heavy atom. The minimum Gasteiger partial charge on any atom is -0.491 e. The minimum absolute atomic E-state index is 0.550.